The average molecular weight is 288 g/mol. The van der Waals surface area contributed by atoms with Crippen LogP contribution in [0.5, 0.6) is 0 Å². The van der Waals surface area contributed by atoms with E-state index in [4.69, 9.17) is 0 Å². The van der Waals surface area contributed by atoms with E-state index in [1.165, 1.54) is 17.0 Å². The van der Waals surface area contributed by atoms with Crippen LogP contribution in [-0.4, -0.2) is 25.7 Å². The van der Waals surface area contributed by atoms with Gasteiger partial charge in [-0.25, -0.2) is 4.98 Å². The Morgan fingerprint density at radius 1 is 1.29 bits per heavy atom. The second-order valence-corrected chi connectivity index (χ2v) is 5.71. The number of rotatable bonds is 4. The highest BCUT2D eigenvalue weighted by Crippen LogP contribution is 2.16. The molecule has 0 atom stereocenters. The van der Waals surface area contributed by atoms with E-state index in [9.17, 15) is 9.90 Å². The summed E-state index contributed by atoms with van der Waals surface area (Å²) < 4.78 is 1.42. The summed E-state index contributed by atoms with van der Waals surface area (Å²) in [5.74, 6) is 0.417. The Hall–Kier alpha value is -2.21. The first-order chi connectivity index (χ1) is 9.79. The molecule has 2 rings (SSSR count). The molecule has 0 aliphatic rings. The fraction of sp³-hybridized carbons (Fsp3) is 0.400. The molecule has 0 saturated carbocycles. The molecule has 112 valence electrons. The number of anilines is 1. The number of nitrogens with one attached hydrogen (secondary N) is 1. The molecule has 0 fully saturated rings. The van der Waals surface area contributed by atoms with Crippen LogP contribution in [0.3, 0.4) is 0 Å². The Balaban J connectivity index is 2.41. The third-order valence-corrected chi connectivity index (χ3v) is 2.90. The molecular weight excluding hydrogens is 268 g/mol. The molecule has 2 aromatic rings. The second-order valence-electron chi connectivity index (χ2n) is 5.71. The van der Waals surface area contributed by atoms with E-state index in [2.05, 4.69) is 15.3 Å². The van der Waals surface area contributed by atoms with Crippen molar-refractivity contribution >= 4 is 5.69 Å². The van der Waals surface area contributed by atoms with Gasteiger partial charge in [-0.3, -0.25) is 14.3 Å². The minimum absolute atomic E-state index is 0.164. The van der Waals surface area contributed by atoms with Crippen molar-refractivity contribution in [3.8, 4) is 5.82 Å². The van der Waals surface area contributed by atoms with Crippen LogP contribution in [0.1, 0.15) is 33.4 Å². The zero-order chi connectivity index (χ0) is 15.6. The van der Waals surface area contributed by atoms with Crippen LogP contribution in [0, 0.1) is 0 Å². The van der Waals surface area contributed by atoms with Crippen molar-refractivity contribution in [2.24, 2.45) is 0 Å². The summed E-state index contributed by atoms with van der Waals surface area (Å²) in [7, 11) is 0. The summed E-state index contributed by atoms with van der Waals surface area (Å²) in [6.07, 6.45) is 4.60. The lowest BCUT2D eigenvalue weighted by Crippen LogP contribution is -2.25. The third-order valence-electron chi connectivity index (χ3n) is 2.90. The Kier molecular flexibility index (Phi) is 4.09. The molecule has 6 nitrogen and oxygen atoms in total. The van der Waals surface area contributed by atoms with E-state index in [0.717, 1.165) is 0 Å². The molecular formula is C15H20N4O2. The zero-order valence-electron chi connectivity index (χ0n) is 12.7. The first-order valence-corrected chi connectivity index (χ1v) is 6.82. The lowest BCUT2D eigenvalue weighted by atomic mass is 10.1. The predicted molar refractivity (Wildman–Crippen MR) is 81.6 cm³/mol. The number of hydrogen-bond acceptors (Lipinski definition) is 5. The molecule has 2 heterocycles. The highest BCUT2D eigenvalue weighted by atomic mass is 16.3. The van der Waals surface area contributed by atoms with E-state index in [-0.39, 0.29) is 11.6 Å². The summed E-state index contributed by atoms with van der Waals surface area (Å²) in [6.45, 7) is 7.20. The fourth-order valence-electron chi connectivity index (χ4n) is 1.86. The number of aromatic nitrogens is 3. The smallest absolute Gasteiger partial charge is 0.279 e. The van der Waals surface area contributed by atoms with Gasteiger partial charge in [0, 0.05) is 12.2 Å². The monoisotopic (exact) mass is 288 g/mol. The van der Waals surface area contributed by atoms with E-state index in [1.54, 1.807) is 32.2 Å². The van der Waals surface area contributed by atoms with Crippen LogP contribution in [0.15, 0.2) is 35.5 Å². The third kappa shape index (κ3) is 3.46. The molecule has 0 bridgehead atoms. The van der Waals surface area contributed by atoms with Crippen LogP contribution in [0.2, 0.25) is 0 Å². The molecule has 0 radical (unpaired) electrons. The Bertz CT molecular complexity index is 669. The van der Waals surface area contributed by atoms with Gasteiger partial charge in [0.05, 0.1) is 18.1 Å². The molecule has 0 saturated heterocycles. The zero-order valence-corrected chi connectivity index (χ0v) is 12.7. The lowest BCUT2D eigenvalue weighted by molar-refractivity contribution is 0.0734. The molecule has 2 N–H and O–H groups in total. The van der Waals surface area contributed by atoms with Gasteiger partial charge in [-0.15, -0.1) is 0 Å². The predicted octanol–water partition coefficient (Wildman–Crippen LogP) is 1.68. The van der Waals surface area contributed by atoms with Gasteiger partial charge in [0.1, 0.15) is 11.3 Å². The van der Waals surface area contributed by atoms with Crippen molar-refractivity contribution in [1.82, 2.24) is 14.5 Å². The summed E-state index contributed by atoms with van der Waals surface area (Å²) in [5.41, 5.74) is -0.273. The minimum atomic E-state index is -1.06. The summed E-state index contributed by atoms with van der Waals surface area (Å²) in [5, 5.41) is 13.0. The van der Waals surface area contributed by atoms with E-state index in [1.807, 2.05) is 13.8 Å². The fourth-order valence-corrected chi connectivity index (χ4v) is 1.86. The molecule has 21 heavy (non-hydrogen) atoms. The molecule has 0 aliphatic carbocycles. The Labute approximate surface area is 123 Å². The van der Waals surface area contributed by atoms with Crippen LogP contribution in [0.25, 0.3) is 5.82 Å². The highest BCUT2D eigenvalue weighted by molar-refractivity contribution is 5.43. The quantitative estimate of drug-likeness (QED) is 0.894. The molecule has 2 aromatic heterocycles. The normalized spacial score (nSPS) is 11.7. The lowest BCUT2D eigenvalue weighted by Gasteiger charge is -2.16. The maximum atomic E-state index is 12.4. The minimum Gasteiger partial charge on any atom is -0.384 e. The van der Waals surface area contributed by atoms with Gasteiger partial charge in [-0.2, -0.15) is 0 Å². The largest absolute Gasteiger partial charge is 0.384 e. The van der Waals surface area contributed by atoms with Crippen molar-refractivity contribution < 1.29 is 5.11 Å². The Morgan fingerprint density at radius 3 is 2.52 bits per heavy atom. The van der Waals surface area contributed by atoms with Gasteiger partial charge in [0.2, 0.25) is 0 Å². The van der Waals surface area contributed by atoms with Gasteiger partial charge in [-0.05, 0) is 39.8 Å². The molecule has 0 spiro atoms. The molecule has 0 unspecified atom stereocenters. The SMILES string of the molecule is CC(C)Nc1cccn(-c2cnc(C(C)(C)O)cn2)c1=O. The first kappa shape index (κ1) is 15.2. The summed E-state index contributed by atoms with van der Waals surface area (Å²) >= 11 is 0. The van der Waals surface area contributed by atoms with E-state index in [0.29, 0.717) is 17.2 Å². The molecule has 6 heteroatoms. The van der Waals surface area contributed by atoms with Crippen molar-refractivity contribution in [1.29, 1.82) is 0 Å². The second kappa shape index (κ2) is 5.65. The van der Waals surface area contributed by atoms with Crippen LogP contribution >= 0.6 is 0 Å². The number of nitrogens with zero attached hydrogens (tertiary/aromatic N) is 3. The first-order valence-electron chi connectivity index (χ1n) is 6.82. The highest BCUT2D eigenvalue weighted by Gasteiger charge is 2.18. The van der Waals surface area contributed by atoms with Gasteiger partial charge < -0.3 is 10.4 Å². The van der Waals surface area contributed by atoms with Gasteiger partial charge >= 0.3 is 0 Å². The maximum Gasteiger partial charge on any atom is 0.279 e. The van der Waals surface area contributed by atoms with Crippen LogP contribution in [-0.2, 0) is 5.60 Å². The van der Waals surface area contributed by atoms with Crippen LogP contribution in [0.4, 0.5) is 5.69 Å². The Morgan fingerprint density at radius 2 is 2.00 bits per heavy atom. The summed E-state index contributed by atoms with van der Waals surface area (Å²) in [6, 6.07) is 3.67. The topological polar surface area (TPSA) is 80.0 Å². The van der Waals surface area contributed by atoms with Crippen molar-refractivity contribution in [3.05, 3.63) is 46.8 Å². The van der Waals surface area contributed by atoms with E-state index < -0.39 is 5.60 Å². The number of pyridine rings is 1. The van der Waals surface area contributed by atoms with Crippen LogP contribution < -0.4 is 10.9 Å². The van der Waals surface area contributed by atoms with Gasteiger partial charge in [0.15, 0.2) is 5.82 Å². The van der Waals surface area contributed by atoms with Crippen molar-refractivity contribution in [2.75, 3.05) is 5.32 Å². The summed E-state index contributed by atoms with van der Waals surface area (Å²) in [4.78, 5) is 20.7. The van der Waals surface area contributed by atoms with Gasteiger partial charge in [-0.1, -0.05) is 0 Å². The average Bonchev–Trinajstić information content (AvgIpc) is 2.40. The number of aliphatic hydroxyl groups is 1. The van der Waals surface area contributed by atoms with Gasteiger partial charge in [0.25, 0.3) is 5.56 Å². The van der Waals surface area contributed by atoms with E-state index >= 15 is 0 Å². The molecule has 0 aromatic carbocycles. The molecule has 0 amide bonds. The molecule has 0 aliphatic heterocycles. The maximum absolute atomic E-state index is 12.4. The van der Waals surface area contributed by atoms with Crippen molar-refractivity contribution in [2.45, 2.75) is 39.3 Å². The standard InChI is InChI=1S/C15H20N4O2/c1-10(2)18-11-6-5-7-19(14(11)20)13-9-16-12(8-17-13)15(3,4)21/h5-10,18,21H,1-4H3. The number of hydrogen-bond donors (Lipinski definition) is 2. The van der Waals surface area contributed by atoms with Crippen molar-refractivity contribution in [3.63, 3.8) is 0 Å².